The van der Waals surface area contributed by atoms with E-state index in [2.05, 4.69) is 42.5 Å². The van der Waals surface area contributed by atoms with Gasteiger partial charge in [-0.05, 0) is 18.9 Å². The van der Waals surface area contributed by atoms with Crippen molar-refractivity contribution >= 4 is 22.5 Å². The lowest BCUT2D eigenvalue weighted by molar-refractivity contribution is 0.427. The molecule has 18 heavy (non-hydrogen) atoms. The van der Waals surface area contributed by atoms with Gasteiger partial charge in [0.25, 0.3) is 0 Å². The molecule has 4 heteroatoms. The van der Waals surface area contributed by atoms with Crippen molar-refractivity contribution in [2.75, 3.05) is 5.88 Å². The average molecular weight is 266 g/mol. The molecule has 3 nitrogen and oxygen atoms in total. The van der Waals surface area contributed by atoms with Crippen molar-refractivity contribution in [1.82, 2.24) is 15.1 Å². The van der Waals surface area contributed by atoms with Crippen LogP contribution in [0, 0.1) is 5.92 Å². The number of alkyl halides is 1. The third kappa shape index (κ3) is 2.68. The maximum atomic E-state index is 5.87. The fraction of sp³-hybridized carbons (Fsp3) is 0.500. The van der Waals surface area contributed by atoms with Gasteiger partial charge in [-0.1, -0.05) is 25.1 Å². The third-order valence-electron chi connectivity index (χ3n) is 3.52. The average Bonchev–Trinajstić information content (AvgIpc) is 2.72. The first-order valence-corrected chi connectivity index (χ1v) is 6.87. The minimum Gasteiger partial charge on any atom is -0.308 e. The Hall–Kier alpha value is -1.06. The van der Waals surface area contributed by atoms with Crippen molar-refractivity contribution in [1.29, 1.82) is 0 Å². The highest BCUT2D eigenvalue weighted by atomic mass is 35.5. The predicted molar refractivity (Wildman–Crippen MR) is 76.9 cm³/mol. The Kier molecular flexibility index (Phi) is 4.25. The summed E-state index contributed by atoms with van der Waals surface area (Å²) in [5, 5.41) is 9.28. The minimum atomic E-state index is 0.392. The van der Waals surface area contributed by atoms with E-state index >= 15 is 0 Å². The number of hydrogen-bond donors (Lipinski definition) is 1. The molecule has 0 bridgehead atoms. The fourth-order valence-corrected chi connectivity index (χ4v) is 2.28. The molecule has 1 aromatic carbocycles. The molecular formula is C14H20ClN3. The summed E-state index contributed by atoms with van der Waals surface area (Å²) in [7, 11) is 1.98. The highest BCUT2D eigenvalue weighted by Gasteiger charge is 2.12. The van der Waals surface area contributed by atoms with Crippen LogP contribution in [0.5, 0.6) is 0 Å². The van der Waals surface area contributed by atoms with E-state index < -0.39 is 0 Å². The molecule has 0 saturated carbocycles. The van der Waals surface area contributed by atoms with Crippen molar-refractivity contribution in [2.45, 2.75) is 26.4 Å². The lowest BCUT2D eigenvalue weighted by Crippen LogP contribution is -2.32. The fourth-order valence-electron chi connectivity index (χ4n) is 2.01. The number of rotatable bonds is 5. The maximum absolute atomic E-state index is 5.87. The quantitative estimate of drug-likeness (QED) is 0.843. The summed E-state index contributed by atoms with van der Waals surface area (Å²) in [6.45, 7) is 5.10. The number of aromatic nitrogens is 2. The molecule has 2 rings (SSSR count). The SMILES string of the molecule is CC(CCl)C(C)NCc1nn(C)c2ccccc12. The maximum Gasteiger partial charge on any atom is 0.0841 e. The Morgan fingerprint density at radius 3 is 2.78 bits per heavy atom. The van der Waals surface area contributed by atoms with E-state index in [1.54, 1.807) is 0 Å². The van der Waals surface area contributed by atoms with Crippen LogP contribution in [0.25, 0.3) is 10.9 Å². The molecule has 2 unspecified atom stereocenters. The number of nitrogens with zero attached hydrogens (tertiary/aromatic N) is 2. The van der Waals surface area contributed by atoms with E-state index in [1.165, 1.54) is 10.9 Å². The zero-order valence-corrected chi connectivity index (χ0v) is 11.9. The number of benzene rings is 1. The Morgan fingerprint density at radius 2 is 2.06 bits per heavy atom. The zero-order chi connectivity index (χ0) is 13.1. The Bertz CT molecular complexity index is 521. The van der Waals surface area contributed by atoms with Gasteiger partial charge in [-0.2, -0.15) is 5.10 Å². The van der Waals surface area contributed by atoms with E-state index in [0.717, 1.165) is 12.2 Å². The van der Waals surface area contributed by atoms with Crippen LogP contribution in [-0.2, 0) is 13.6 Å². The number of para-hydroxylation sites is 1. The van der Waals surface area contributed by atoms with Crippen LogP contribution < -0.4 is 5.32 Å². The molecule has 0 aliphatic carbocycles. The second kappa shape index (κ2) is 5.72. The molecule has 1 heterocycles. The van der Waals surface area contributed by atoms with Crippen LogP contribution in [-0.4, -0.2) is 21.7 Å². The summed E-state index contributed by atoms with van der Waals surface area (Å²) < 4.78 is 1.93. The van der Waals surface area contributed by atoms with Gasteiger partial charge in [-0.15, -0.1) is 11.6 Å². The predicted octanol–water partition coefficient (Wildman–Crippen LogP) is 2.93. The summed E-state index contributed by atoms with van der Waals surface area (Å²) >= 11 is 5.87. The van der Waals surface area contributed by atoms with Gasteiger partial charge in [0.05, 0.1) is 11.2 Å². The molecule has 1 N–H and O–H groups in total. The largest absolute Gasteiger partial charge is 0.308 e. The highest BCUT2D eigenvalue weighted by molar-refractivity contribution is 6.18. The molecule has 0 saturated heterocycles. The Labute approximate surface area is 113 Å². The summed E-state index contributed by atoms with van der Waals surface area (Å²) in [6.07, 6.45) is 0. The van der Waals surface area contributed by atoms with Gasteiger partial charge in [-0.3, -0.25) is 4.68 Å². The van der Waals surface area contributed by atoms with Gasteiger partial charge in [0, 0.05) is 30.9 Å². The van der Waals surface area contributed by atoms with E-state index in [1.807, 2.05) is 17.8 Å². The van der Waals surface area contributed by atoms with Crippen molar-refractivity contribution in [3.63, 3.8) is 0 Å². The lowest BCUT2D eigenvalue weighted by atomic mass is 10.1. The first-order chi connectivity index (χ1) is 8.63. The Balaban J connectivity index is 2.13. The minimum absolute atomic E-state index is 0.392. The van der Waals surface area contributed by atoms with Gasteiger partial charge in [0.1, 0.15) is 0 Å². The first kappa shape index (κ1) is 13.4. The van der Waals surface area contributed by atoms with Gasteiger partial charge < -0.3 is 5.32 Å². The number of halogens is 1. The molecule has 0 fully saturated rings. The van der Waals surface area contributed by atoms with Crippen LogP contribution in [0.2, 0.25) is 0 Å². The van der Waals surface area contributed by atoms with Gasteiger partial charge in [0.2, 0.25) is 0 Å². The normalized spacial score (nSPS) is 14.9. The van der Waals surface area contributed by atoms with Crippen molar-refractivity contribution in [3.8, 4) is 0 Å². The van der Waals surface area contributed by atoms with E-state index in [-0.39, 0.29) is 0 Å². The molecule has 2 aromatic rings. The van der Waals surface area contributed by atoms with Crippen LogP contribution in [0.4, 0.5) is 0 Å². The van der Waals surface area contributed by atoms with Gasteiger partial charge >= 0.3 is 0 Å². The molecule has 2 atom stereocenters. The standard InChI is InChI=1S/C14H20ClN3/c1-10(8-15)11(2)16-9-13-12-6-4-5-7-14(12)18(3)17-13/h4-7,10-11,16H,8-9H2,1-3H3. The smallest absolute Gasteiger partial charge is 0.0841 e. The number of fused-ring (bicyclic) bond motifs is 1. The van der Waals surface area contributed by atoms with E-state index in [0.29, 0.717) is 17.8 Å². The molecular weight excluding hydrogens is 246 g/mol. The second-order valence-electron chi connectivity index (χ2n) is 4.89. The lowest BCUT2D eigenvalue weighted by Gasteiger charge is -2.18. The number of hydrogen-bond acceptors (Lipinski definition) is 2. The van der Waals surface area contributed by atoms with Crippen LogP contribution in [0.1, 0.15) is 19.5 Å². The van der Waals surface area contributed by atoms with E-state index in [4.69, 9.17) is 11.6 Å². The summed E-state index contributed by atoms with van der Waals surface area (Å²) in [5.74, 6) is 1.14. The highest BCUT2D eigenvalue weighted by Crippen LogP contribution is 2.17. The molecule has 98 valence electrons. The zero-order valence-electron chi connectivity index (χ0n) is 11.2. The van der Waals surface area contributed by atoms with Crippen LogP contribution in [0.15, 0.2) is 24.3 Å². The molecule has 0 aliphatic heterocycles. The van der Waals surface area contributed by atoms with Crippen LogP contribution in [0.3, 0.4) is 0 Å². The summed E-state index contributed by atoms with van der Waals surface area (Å²) in [4.78, 5) is 0. The van der Waals surface area contributed by atoms with Crippen LogP contribution >= 0.6 is 11.6 Å². The second-order valence-corrected chi connectivity index (χ2v) is 5.20. The monoisotopic (exact) mass is 265 g/mol. The van der Waals surface area contributed by atoms with Gasteiger partial charge in [0.15, 0.2) is 0 Å². The molecule has 0 radical (unpaired) electrons. The summed E-state index contributed by atoms with van der Waals surface area (Å²) in [5.41, 5.74) is 2.27. The summed E-state index contributed by atoms with van der Waals surface area (Å²) in [6, 6.07) is 8.70. The third-order valence-corrected chi connectivity index (χ3v) is 4.01. The molecule has 0 amide bonds. The number of nitrogens with one attached hydrogen (secondary N) is 1. The van der Waals surface area contributed by atoms with E-state index in [9.17, 15) is 0 Å². The van der Waals surface area contributed by atoms with Gasteiger partial charge in [-0.25, -0.2) is 0 Å². The van der Waals surface area contributed by atoms with Crippen molar-refractivity contribution < 1.29 is 0 Å². The molecule has 0 spiro atoms. The Morgan fingerprint density at radius 1 is 1.33 bits per heavy atom. The number of aryl methyl sites for hydroxylation is 1. The molecule has 0 aliphatic rings. The van der Waals surface area contributed by atoms with Crippen molar-refractivity contribution in [3.05, 3.63) is 30.0 Å². The topological polar surface area (TPSA) is 29.9 Å². The first-order valence-electron chi connectivity index (χ1n) is 6.33. The molecule has 1 aromatic heterocycles. The van der Waals surface area contributed by atoms with Crippen molar-refractivity contribution in [2.24, 2.45) is 13.0 Å².